The summed E-state index contributed by atoms with van der Waals surface area (Å²) < 4.78 is 0. The molecule has 0 radical (unpaired) electrons. The van der Waals surface area contributed by atoms with Crippen molar-refractivity contribution in [1.82, 2.24) is 0 Å². The van der Waals surface area contributed by atoms with Crippen molar-refractivity contribution in [1.29, 1.82) is 0 Å². The van der Waals surface area contributed by atoms with Crippen LogP contribution in [0.25, 0.3) is 21.9 Å². The minimum Gasteiger partial charge on any atom is -0.322 e. The molecule has 0 saturated carbocycles. The third-order valence-corrected chi connectivity index (χ3v) is 4.56. The van der Waals surface area contributed by atoms with Gasteiger partial charge in [0.1, 0.15) is 0 Å². The quantitative estimate of drug-likeness (QED) is 0.483. The summed E-state index contributed by atoms with van der Waals surface area (Å²) in [6, 6.07) is 30.2. The fraction of sp³-hybridized carbons (Fsp3) is 0.0417. The van der Waals surface area contributed by atoms with E-state index in [-0.39, 0.29) is 5.91 Å². The third kappa shape index (κ3) is 3.22. The molecule has 0 aliphatic heterocycles. The van der Waals surface area contributed by atoms with E-state index in [0.717, 1.165) is 11.3 Å². The maximum absolute atomic E-state index is 12.4. The Morgan fingerprint density at radius 1 is 0.731 bits per heavy atom. The molecule has 4 aromatic rings. The number of amides is 1. The SMILES string of the molecule is Cc1ccc(NC(=O)c2ccc(-c3cccc4ccccc34)cc2)cc1. The van der Waals surface area contributed by atoms with Crippen molar-refractivity contribution >= 4 is 22.4 Å². The lowest BCUT2D eigenvalue weighted by atomic mass is 9.97. The van der Waals surface area contributed by atoms with Gasteiger partial charge in [0, 0.05) is 11.3 Å². The number of benzene rings is 4. The topological polar surface area (TPSA) is 29.1 Å². The highest BCUT2D eigenvalue weighted by Crippen LogP contribution is 2.28. The number of carbonyl (C=O) groups is 1. The van der Waals surface area contributed by atoms with Crippen LogP contribution in [0, 0.1) is 6.92 Å². The average molecular weight is 337 g/mol. The first kappa shape index (κ1) is 16.1. The van der Waals surface area contributed by atoms with Crippen molar-refractivity contribution in [3.05, 3.63) is 102 Å². The first-order valence-corrected chi connectivity index (χ1v) is 8.67. The molecule has 2 nitrogen and oxygen atoms in total. The molecule has 1 N–H and O–H groups in total. The van der Waals surface area contributed by atoms with Gasteiger partial charge in [-0.05, 0) is 53.1 Å². The molecule has 0 aliphatic carbocycles. The van der Waals surface area contributed by atoms with Gasteiger partial charge in [0.2, 0.25) is 0 Å². The Hall–Kier alpha value is -3.39. The minimum absolute atomic E-state index is 0.0988. The second kappa shape index (κ2) is 6.85. The molecule has 0 atom stereocenters. The number of hydrogen-bond acceptors (Lipinski definition) is 1. The number of rotatable bonds is 3. The van der Waals surface area contributed by atoms with Crippen molar-refractivity contribution in [2.75, 3.05) is 5.32 Å². The second-order valence-corrected chi connectivity index (χ2v) is 6.42. The van der Waals surface area contributed by atoms with Crippen LogP contribution in [0.4, 0.5) is 5.69 Å². The van der Waals surface area contributed by atoms with E-state index in [4.69, 9.17) is 0 Å². The van der Waals surface area contributed by atoms with Gasteiger partial charge in [0.25, 0.3) is 5.91 Å². The zero-order chi connectivity index (χ0) is 17.9. The molecule has 26 heavy (non-hydrogen) atoms. The monoisotopic (exact) mass is 337 g/mol. The van der Waals surface area contributed by atoms with Crippen LogP contribution < -0.4 is 5.32 Å². The molecule has 2 heteroatoms. The molecule has 0 heterocycles. The summed E-state index contributed by atoms with van der Waals surface area (Å²) in [4.78, 5) is 12.4. The van der Waals surface area contributed by atoms with E-state index in [1.807, 2.05) is 61.5 Å². The molecule has 4 aromatic carbocycles. The molecule has 0 fully saturated rings. The Bertz CT molecular complexity index is 1060. The highest BCUT2D eigenvalue weighted by atomic mass is 16.1. The van der Waals surface area contributed by atoms with Gasteiger partial charge in [0.15, 0.2) is 0 Å². The molecule has 0 spiro atoms. The van der Waals surface area contributed by atoms with Crippen molar-refractivity contribution in [2.45, 2.75) is 6.92 Å². The fourth-order valence-electron chi connectivity index (χ4n) is 3.12. The van der Waals surface area contributed by atoms with Gasteiger partial charge in [-0.15, -0.1) is 0 Å². The predicted molar refractivity (Wildman–Crippen MR) is 109 cm³/mol. The van der Waals surface area contributed by atoms with Gasteiger partial charge < -0.3 is 5.32 Å². The van der Waals surface area contributed by atoms with Crippen molar-refractivity contribution in [3.63, 3.8) is 0 Å². The van der Waals surface area contributed by atoms with E-state index in [2.05, 4.69) is 41.7 Å². The Morgan fingerprint density at radius 3 is 2.19 bits per heavy atom. The van der Waals surface area contributed by atoms with E-state index in [0.29, 0.717) is 5.56 Å². The first-order chi connectivity index (χ1) is 12.7. The zero-order valence-electron chi connectivity index (χ0n) is 14.6. The number of aryl methyl sites for hydroxylation is 1. The number of fused-ring (bicyclic) bond motifs is 1. The van der Waals surface area contributed by atoms with Gasteiger partial charge in [-0.3, -0.25) is 4.79 Å². The van der Waals surface area contributed by atoms with E-state index in [9.17, 15) is 4.79 Å². The van der Waals surface area contributed by atoms with Crippen molar-refractivity contribution in [2.24, 2.45) is 0 Å². The number of carbonyl (C=O) groups excluding carboxylic acids is 1. The summed E-state index contributed by atoms with van der Waals surface area (Å²) in [5.41, 5.74) is 4.90. The summed E-state index contributed by atoms with van der Waals surface area (Å²) in [6.07, 6.45) is 0. The lowest BCUT2D eigenvalue weighted by Crippen LogP contribution is -2.11. The van der Waals surface area contributed by atoms with Crippen molar-refractivity contribution < 1.29 is 4.79 Å². The van der Waals surface area contributed by atoms with Gasteiger partial charge >= 0.3 is 0 Å². The molecule has 0 saturated heterocycles. The van der Waals surface area contributed by atoms with Crippen LogP contribution in [-0.4, -0.2) is 5.91 Å². The van der Waals surface area contributed by atoms with Crippen molar-refractivity contribution in [3.8, 4) is 11.1 Å². The normalized spacial score (nSPS) is 10.7. The first-order valence-electron chi connectivity index (χ1n) is 8.67. The fourth-order valence-corrected chi connectivity index (χ4v) is 3.12. The summed E-state index contributed by atoms with van der Waals surface area (Å²) in [7, 11) is 0. The smallest absolute Gasteiger partial charge is 0.255 e. The minimum atomic E-state index is -0.0988. The Balaban J connectivity index is 1.60. The van der Waals surface area contributed by atoms with Crippen LogP contribution in [-0.2, 0) is 0 Å². The van der Waals surface area contributed by atoms with E-state index in [1.165, 1.54) is 21.9 Å². The summed E-state index contributed by atoms with van der Waals surface area (Å²) >= 11 is 0. The van der Waals surface area contributed by atoms with E-state index < -0.39 is 0 Å². The van der Waals surface area contributed by atoms with Crippen LogP contribution >= 0.6 is 0 Å². The van der Waals surface area contributed by atoms with Crippen LogP contribution in [0.1, 0.15) is 15.9 Å². The van der Waals surface area contributed by atoms with Gasteiger partial charge in [-0.25, -0.2) is 0 Å². The van der Waals surface area contributed by atoms with E-state index >= 15 is 0 Å². The van der Waals surface area contributed by atoms with E-state index in [1.54, 1.807) is 0 Å². The largest absolute Gasteiger partial charge is 0.322 e. The molecular formula is C24H19NO. The Kier molecular flexibility index (Phi) is 4.24. The molecular weight excluding hydrogens is 318 g/mol. The second-order valence-electron chi connectivity index (χ2n) is 6.42. The molecule has 126 valence electrons. The highest BCUT2D eigenvalue weighted by Gasteiger charge is 2.08. The molecule has 1 amide bonds. The maximum Gasteiger partial charge on any atom is 0.255 e. The Morgan fingerprint density at radius 2 is 1.42 bits per heavy atom. The summed E-state index contributed by atoms with van der Waals surface area (Å²) in [6.45, 7) is 2.03. The number of nitrogens with one attached hydrogen (secondary N) is 1. The summed E-state index contributed by atoms with van der Waals surface area (Å²) in [5.74, 6) is -0.0988. The van der Waals surface area contributed by atoms with Crippen LogP contribution in [0.5, 0.6) is 0 Å². The van der Waals surface area contributed by atoms with Gasteiger partial charge in [0.05, 0.1) is 0 Å². The lowest BCUT2D eigenvalue weighted by Gasteiger charge is -2.09. The van der Waals surface area contributed by atoms with Crippen LogP contribution in [0.2, 0.25) is 0 Å². The predicted octanol–water partition coefficient (Wildman–Crippen LogP) is 6.07. The number of hydrogen-bond donors (Lipinski definition) is 1. The van der Waals surface area contributed by atoms with Crippen LogP contribution in [0.3, 0.4) is 0 Å². The summed E-state index contributed by atoms with van der Waals surface area (Å²) in [5, 5.41) is 5.36. The standard InChI is InChI=1S/C24H19NO/c1-17-9-15-21(16-10-17)25-24(26)20-13-11-19(12-14-20)23-8-4-6-18-5-2-3-7-22(18)23/h2-16H,1H3,(H,25,26). The number of anilines is 1. The zero-order valence-corrected chi connectivity index (χ0v) is 14.6. The average Bonchev–Trinajstić information content (AvgIpc) is 2.69. The molecule has 0 unspecified atom stereocenters. The third-order valence-electron chi connectivity index (χ3n) is 4.56. The lowest BCUT2D eigenvalue weighted by molar-refractivity contribution is 0.102. The molecule has 0 bridgehead atoms. The highest BCUT2D eigenvalue weighted by molar-refractivity contribution is 6.05. The van der Waals surface area contributed by atoms with Gasteiger partial charge in [-0.2, -0.15) is 0 Å². The molecule has 0 aromatic heterocycles. The van der Waals surface area contributed by atoms with Crippen LogP contribution in [0.15, 0.2) is 91.0 Å². The Labute approximate surface area is 153 Å². The maximum atomic E-state index is 12.4. The molecule has 0 aliphatic rings. The van der Waals surface area contributed by atoms with Gasteiger partial charge in [-0.1, -0.05) is 72.3 Å². The molecule has 4 rings (SSSR count).